The van der Waals surface area contributed by atoms with Gasteiger partial charge in [0.1, 0.15) is 5.82 Å². The van der Waals surface area contributed by atoms with Gasteiger partial charge in [-0.25, -0.2) is 9.97 Å². The largest absolute Gasteiger partial charge is 0.315 e. The van der Waals surface area contributed by atoms with Crippen LogP contribution < -0.4 is 5.32 Å². The summed E-state index contributed by atoms with van der Waals surface area (Å²) in [6, 6.07) is 2.52. The van der Waals surface area contributed by atoms with Gasteiger partial charge in [0.05, 0.1) is 6.54 Å². The van der Waals surface area contributed by atoms with E-state index in [1.165, 1.54) is 12.8 Å². The average molecular weight is 220 g/mol. The first-order valence-electron chi connectivity index (χ1n) is 6.11. The maximum atomic E-state index is 4.30. The molecule has 1 atom stereocenters. The molecule has 0 aromatic carbocycles. The molecular formula is C12H20N4. The van der Waals surface area contributed by atoms with Crippen molar-refractivity contribution in [1.29, 1.82) is 0 Å². The molecule has 0 amide bonds. The SMILES string of the molecule is CCCN(Cc1ncccn1)C1CCNC1. The van der Waals surface area contributed by atoms with Crippen LogP contribution in [-0.4, -0.2) is 40.5 Å². The minimum Gasteiger partial charge on any atom is -0.315 e. The second-order valence-corrected chi connectivity index (χ2v) is 4.28. The Hall–Kier alpha value is -1.00. The molecule has 2 rings (SSSR count). The highest BCUT2D eigenvalue weighted by atomic mass is 15.2. The van der Waals surface area contributed by atoms with Crippen LogP contribution >= 0.6 is 0 Å². The van der Waals surface area contributed by atoms with Crippen molar-refractivity contribution in [3.05, 3.63) is 24.3 Å². The summed E-state index contributed by atoms with van der Waals surface area (Å²) in [5, 5.41) is 3.41. The molecule has 1 aromatic heterocycles. The maximum absolute atomic E-state index is 4.30. The van der Waals surface area contributed by atoms with Crippen molar-refractivity contribution in [2.24, 2.45) is 0 Å². The molecular weight excluding hydrogens is 200 g/mol. The zero-order valence-electron chi connectivity index (χ0n) is 9.89. The van der Waals surface area contributed by atoms with E-state index in [4.69, 9.17) is 0 Å². The van der Waals surface area contributed by atoms with Gasteiger partial charge in [-0.1, -0.05) is 6.92 Å². The summed E-state index contributed by atoms with van der Waals surface area (Å²) in [6.07, 6.45) is 6.06. The third-order valence-electron chi connectivity index (χ3n) is 3.03. The van der Waals surface area contributed by atoms with Crippen LogP contribution in [0.15, 0.2) is 18.5 Å². The Morgan fingerprint density at radius 1 is 1.44 bits per heavy atom. The molecule has 16 heavy (non-hydrogen) atoms. The van der Waals surface area contributed by atoms with Gasteiger partial charge in [-0.2, -0.15) is 0 Å². The van der Waals surface area contributed by atoms with E-state index in [0.717, 1.165) is 32.0 Å². The Balaban J connectivity index is 1.96. The molecule has 1 saturated heterocycles. The van der Waals surface area contributed by atoms with Gasteiger partial charge in [0.25, 0.3) is 0 Å². The molecule has 0 aliphatic carbocycles. The van der Waals surface area contributed by atoms with E-state index in [0.29, 0.717) is 6.04 Å². The molecule has 4 nitrogen and oxygen atoms in total. The first-order valence-corrected chi connectivity index (χ1v) is 6.11. The van der Waals surface area contributed by atoms with Gasteiger partial charge in [-0.05, 0) is 32.0 Å². The van der Waals surface area contributed by atoms with Crippen LogP contribution in [0.25, 0.3) is 0 Å². The molecule has 4 heteroatoms. The number of nitrogens with one attached hydrogen (secondary N) is 1. The molecule has 1 N–H and O–H groups in total. The first kappa shape index (κ1) is 11.5. The fourth-order valence-corrected chi connectivity index (χ4v) is 2.22. The summed E-state index contributed by atoms with van der Waals surface area (Å²) in [5.41, 5.74) is 0. The Kier molecular flexibility index (Phi) is 4.25. The summed E-state index contributed by atoms with van der Waals surface area (Å²) >= 11 is 0. The highest BCUT2D eigenvalue weighted by Crippen LogP contribution is 2.11. The van der Waals surface area contributed by atoms with Crippen molar-refractivity contribution in [3.8, 4) is 0 Å². The molecule has 0 bridgehead atoms. The van der Waals surface area contributed by atoms with Gasteiger partial charge >= 0.3 is 0 Å². The zero-order valence-corrected chi connectivity index (χ0v) is 9.89. The normalized spacial score (nSPS) is 20.5. The number of hydrogen-bond donors (Lipinski definition) is 1. The summed E-state index contributed by atoms with van der Waals surface area (Å²) in [7, 11) is 0. The molecule has 0 saturated carbocycles. The Bertz CT molecular complexity index is 295. The standard InChI is InChI=1S/C12H20N4/c1-2-8-16(11-4-7-13-9-11)10-12-14-5-3-6-15-12/h3,5-6,11,13H,2,4,7-10H2,1H3. The first-order chi connectivity index (χ1) is 7.90. The summed E-state index contributed by atoms with van der Waals surface area (Å²) in [4.78, 5) is 11.1. The predicted molar refractivity (Wildman–Crippen MR) is 64.0 cm³/mol. The summed E-state index contributed by atoms with van der Waals surface area (Å²) in [6.45, 7) is 6.47. The summed E-state index contributed by atoms with van der Waals surface area (Å²) in [5.74, 6) is 0.933. The van der Waals surface area contributed by atoms with Gasteiger partial charge < -0.3 is 5.32 Å². The van der Waals surface area contributed by atoms with Crippen LogP contribution in [0.1, 0.15) is 25.6 Å². The minimum atomic E-state index is 0.656. The Labute approximate surface area is 97.1 Å². The van der Waals surface area contributed by atoms with Gasteiger partial charge in [0, 0.05) is 25.0 Å². The van der Waals surface area contributed by atoms with Crippen molar-refractivity contribution in [1.82, 2.24) is 20.2 Å². The van der Waals surface area contributed by atoms with E-state index >= 15 is 0 Å². The molecule has 88 valence electrons. The molecule has 2 heterocycles. The van der Waals surface area contributed by atoms with Crippen LogP contribution in [0.2, 0.25) is 0 Å². The van der Waals surface area contributed by atoms with E-state index in [1.807, 2.05) is 18.5 Å². The molecule has 0 spiro atoms. The van der Waals surface area contributed by atoms with Gasteiger partial charge in [-0.15, -0.1) is 0 Å². The summed E-state index contributed by atoms with van der Waals surface area (Å²) < 4.78 is 0. The Morgan fingerprint density at radius 3 is 2.88 bits per heavy atom. The van der Waals surface area contributed by atoms with Crippen molar-refractivity contribution in [2.75, 3.05) is 19.6 Å². The van der Waals surface area contributed by atoms with Crippen LogP contribution in [0.4, 0.5) is 0 Å². The van der Waals surface area contributed by atoms with Gasteiger partial charge in [0.2, 0.25) is 0 Å². The fraction of sp³-hybridized carbons (Fsp3) is 0.667. The monoisotopic (exact) mass is 220 g/mol. The van der Waals surface area contributed by atoms with Crippen LogP contribution in [0, 0.1) is 0 Å². The highest BCUT2D eigenvalue weighted by Gasteiger charge is 2.22. The van der Waals surface area contributed by atoms with Crippen molar-refractivity contribution in [3.63, 3.8) is 0 Å². The van der Waals surface area contributed by atoms with E-state index in [1.54, 1.807) is 0 Å². The van der Waals surface area contributed by atoms with Crippen LogP contribution in [0.3, 0.4) is 0 Å². The highest BCUT2D eigenvalue weighted by molar-refractivity contribution is 4.90. The molecule has 1 fully saturated rings. The molecule has 0 radical (unpaired) electrons. The topological polar surface area (TPSA) is 41.1 Å². The number of hydrogen-bond acceptors (Lipinski definition) is 4. The predicted octanol–water partition coefficient (Wildman–Crippen LogP) is 1.05. The van der Waals surface area contributed by atoms with Crippen molar-refractivity contribution < 1.29 is 0 Å². The van der Waals surface area contributed by atoms with E-state index < -0.39 is 0 Å². The van der Waals surface area contributed by atoms with E-state index in [9.17, 15) is 0 Å². The third kappa shape index (κ3) is 3.00. The minimum absolute atomic E-state index is 0.656. The lowest BCUT2D eigenvalue weighted by Gasteiger charge is -2.26. The zero-order chi connectivity index (χ0) is 11.2. The lowest BCUT2D eigenvalue weighted by Crippen LogP contribution is -2.37. The molecule has 1 aromatic rings. The second kappa shape index (κ2) is 5.92. The number of aromatic nitrogens is 2. The number of rotatable bonds is 5. The lowest BCUT2D eigenvalue weighted by molar-refractivity contribution is 0.194. The lowest BCUT2D eigenvalue weighted by atomic mass is 10.2. The van der Waals surface area contributed by atoms with Gasteiger partial charge in [-0.3, -0.25) is 4.90 Å². The Morgan fingerprint density at radius 2 is 2.25 bits per heavy atom. The molecule has 1 aliphatic rings. The van der Waals surface area contributed by atoms with E-state index in [-0.39, 0.29) is 0 Å². The molecule has 1 unspecified atom stereocenters. The van der Waals surface area contributed by atoms with Crippen molar-refractivity contribution in [2.45, 2.75) is 32.4 Å². The van der Waals surface area contributed by atoms with Crippen molar-refractivity contribution >= 4 is 0 Å². The average Bonchev–Trinajstić information content (AvgIpc) is 2.83. The van der Waals surface area contributed by atoms with E-state index in [2.05, 4.69) is 27.1 Å². The second-order valence-electron chi connectivity index (χ2n) is 4.28. The van der Waals surface area contributed by atoms with Gasteiger partial charge in [0.15, 0.2) is 0 Å². The fourth-order valence-electron chi connectivity index (χ4n) is 2.22. The molecule has 1 aliphatic heterocycles. The number of nitrogens with zero attached hydrogens (tertiary/aromatic N) is 3. The quantitative estimate of drug-likeness (QED) is 0.805. The third-order valence-corrected chi connectivity index (χ3v) is 3.03. The maximum Gasteiger partial charge on any atom is 0.142 e. The van der Waals surface area contributed by atoms with Crippen LogP contribution in [0.5, 0.6) is 0 Å². The smallest absolute Gasteiger partial charge is 0.142 e. The van der Waals surface area contributed by atoms with Crippen LogP contribution in [-0.2, 0) is 6.54 Å².